The van der Waals surface area contributed by atoms with E-state index in [4.69, 9.17) is 9.47 Å². The minimum Gasteiger partial charge on any atom is -0.493 e. The number of amides is 1. The maximum Gasteiger partial charge on any atom is 0.271 e. The molecule has 8 heteroatoms. The molecule has 1 aromatic heterocycles. The Morgan fingerprint density at radius 3 is 2.66 bits per heavy atom. The van der Waals surface area contributed by atoms with Crippen molar-refractivity contribution in [2.45, 2.75) is 6.61 Å². The second-order valence-corrected chi connectivity index (χ2v) is 6.83. The molecular formula is C21H18F2N2O3S. The maximum absolute atomic E-state index is 13.3. The number of carbonyl (C=O) groups is 1. The summed E-state index contributed by atoms with van der Waals surface area (Å²) in [5.41, 5.74) is 1.43. The van der Waals surface area contributed by atoms with E-state index in [2.05, 4.69) is 16.9 Å². The molecule has 0 saturated carbocycles. The number of nitrogens with zero attached hydrogens (tertiary/aromatic N) is 1. The summed E-state index contributed by atoms with van der Waals surface area (Å²) in [5, 5.41) is 4.99. The average Bonchev–Trinajstić information content (AvgIpc) is 3.20. The number of thiazole rings is 1. The van der Waals surface area contributed by atoms with Gasteiger partial charge in [0.05, 0.1) is 7.11 Å². The number of halogens is 2. The van der Waals surface area contributed by atoms with Crippen LogP contribution in [-0.2, 0) is 6.61 Å². The first-order valence-corrected chi connectivity index (χ1v) is 9.49. The molecule has 3 rings (SSSR count). The number of benzene rings is 2. The van der Waals surface area contributed by atoms with Gasteiger partial charge in [0.1, 0.15) is 28.9 Å². The molecule has 150 valence electrons. The van der Waals surface area contributed by atoms with Gasteiger partial charge in [-0.05, 0) is 35.9 Å². The van der Waals surface area contributed by atoms with Crippen LogP contribution in [-0.4, -0.2) is 24.5 Å². The van der Waals surface area contributed by atoms with Crippen molar-refractivity contribution in [2.75, 3.05) is 13.7 Å². The lowest BCUT2D eigenvalue weighted by atomic mass is 10.2. The van der Waals surface area contributed by atoms with Crippen molar-refractivity contribution in [3.63, 3.8) is 0 Å². The zero-order valence-corrected chi connectivity index (χ0v) is 16.4. The summed E-state index contributed by atoms with van der Waals surface area (Å²) in [6, 6.07) is 8.40. The van der Waals surface area contributed by atoms with E-state index in [1.807, 2.05) is 0 Å². The molecule has 0 aliphatic rings. The van der Waals surface area contributed by atoms with Gasteiger partial charge < -0.3 is 14.8 Å². The fourth-order valence-corrected chi connectivity index (χ4v) is 3.34. The third-order valence-electron chi connectivity index (χ3n) is 3.87. The van der Waals surface area contributed by atoms with Crippen molar-refractivity contribution in [3.8, 4) is 22.1 Å². The lowest BCUT2D eigenvalue weighted by Gasteiger charge is -2.12. The predicted octanol–water partition coefficient (Wildman–Crippen LogP) is 4.59. The van der Waals surface area contributed by atoms with Gasteiger partial charge in [0.25, 0.3) is 5.91 Å². The van der Waals surface area contributed by atoms with E-state index in [0.717, 1.165) is 11.6 Å². The third kappa shape index (κ3) is 5.17. The first-order valence-electron chi connectivity index (χ1n) is 8.61. The molecule has 0 aliphatic carbocycles. The van der Waals surface area contributed by atoms with Gasteiger partial charge in [-0.3, -0.25) is 4.79 Å². The Kier molecular flexibility index (Phi) is 6.56. The Bertz CT molecular complexity index is 1020. The number of aromatic nitrogens is 1. The highest BCUT2D eigenvalue weighted by Gasteiger charge is 2.14. The molecule has 0 spiro atoms. The lowest BCUT2D eigenvalue weighted by molar-refractivity contribution is 0.0954. The first kappa shape index (κ1) is 20.5. The lowest BCUT2D eigenvalue weighted by Crippen LogP contribution is -2.23. The highest BCUT2D eigenvalue weighted by Crippen LogP contribution is 2.34. The number of rotatable bonds is 8. The van der Waals surface area contributed by atoms with Crippen LogP contribution < -0.4 is 14.8 Å². The molecule has 0 fully saturated rings. The third-order valence-corrected chi connectivity index (χ3v) is 4.76. The van der Waals surface area contributed by atoms with Crippen LogP contribution >= 0.6 is 11.3 Å². The van der Waals surface area contributed by atoms with Crippen LogP contribution in [0.15, 0.2) is 54.4 Å². The SMILES string of the molecule is C=CCNC(=O)c1csc(-c2ccc(OCc3cc(F)cc(F)c3)c(OC)c2)n1. The number of ether oxygens (including phenoxy) is 2. The fraction of sp³-hybridized carbons (Fsp3) is 0.143. The van der Waals surface area contributed by atoms with E-state index in [-0.39, 0.29) is 12.5 Å². The summed E-state index contributed by atoms with van der Waals surface area (Å²) in [6.45, 7) is 3.90. The van der Waals surface area contributed by atoms with E-state index in [0.29, 0.717) is 34.3 Å². The van der Waals surface area contributed by atoms with Gasteiger partial charge in [-0.15, -0.1) is 17.9 Å². The molecule has 0 atom stereocenters. The van der Waals surface area contributed by atoms with Gasteiger partial charge in [0, 0.05) is 23.6 Å². The molecule has 0 aliphatic heterocycles. The molecular weight excluding hydrogens is 398 g/mol. The van der Waals surface area contributed by atoms with Crippen LogP contribution in [0.5, 0.6) is 11.5 Å². The highest BCUT2D eigenvalue weighted by molar-refractivity contribution is 7.13. The standard InChI is InChI=1S/C21H18F2N2O3S/c1-3-6-24-20(26)17-12-29-21(25-17)14-4-5-18(19(9-14)27-2)28-11-13-7-15(22)10-16(23)8-13/h3-5,7-10,12H,1,6,11H2,2H3,(H,24,26). The molecule has 5 nitrogen and oxygen atoms in total. The Labute approximate surface area is 170 Å². The van der Waals surface area contributed by atoms with Crippen molar-refractivity contribution >= 4 is 17.2 Å². The summed E-state index contributed by atoms with van der Waals surface area (Å²) in [4.78, 5) is 16.3. The topological polar surface area (TPSA) is 60.5 Å². The number of methoxy groups -OCH3 is 1. The smallest absolute Gasteiger partial charge is 0.271 e. The number of nitrogens with one attached hydrogen (secondary N) is 1. The van der Waals surface area contributed by atoms with Crippen LogP contribution in [0, 0.1) is 11.6 Å². The molecule has 0 radical (unpaired) electrons. The van der Waals surface area contributed by atoms with Gasteiger partial charge in [-0.2, -0.15) is 0 Å². The zero-order valence-electron chi connectivity index (χ0n) is 15.6. The van der Waals surface area contributed by atoms with E-state index >= 15 is 0 Å². The van der Waals surface area contributed by atoms with Gasteiger partial charge in [0.2, 0.25) is 0 Å². The monoisotopic (exact) mass is 416 g/mol. The van der Waals surface area contributed by atoms with E-state index < -0.39 is 11.6 Å². The summed E-state index contributed by atoms with van der Waals surface area (Å²) >= 11 is 1.33. The molecule has 3 aromatic rings. The normalized spacial score (nSPS) is 10.4. The Morgan fingerprint density at radius 2 is 1.97 bits per heavy atom. The van der Waals surface area contributed by atoms with Crippen LogP contribution in [0.2, 0.25) is 0 Å². The summed E-state index contributed by atoms with van der Waals surface area (Å²) in [6.07, 6.45) is 1.59. The maximum atomic E-state index is 13.3. The van der Waals surface area contributed by atoms with E-state index in [9.17, 15) is 13.6 Å². The van der Waals surface area contributed by atoms with Crippen LogP contribution in [0.1, 0.15) is 16.1 Å². The Hall–Kier alpha value is -3.26. The molecule has 1 amide bonds. The summed E-state index contributed by atoms with van der Waals surface area (Å²) in [7, 11) is 1.49. The van der Waals surface area contributed by atoms with Crippen molar-refractivity contribution in [1.82, 2.24) is 10.3 Å². The minimum absolute atomic E-state index is 0.0186. The predicted molar refractivity (Wildman–Crippen MR) is 107 cm³/mol. The van der Waals surface area contributed by atoms with Gasteiger partial charge in [0.15, 0.2) is 11.5 Å². The van der Waals surface area contributed by atoms with Gasteiger partial charge >= 0.3 is 0 Å². The molecule has 1 heterocycles. The van der Waals surface area contributed by atoms with Crippen LogP contribution in [0.25, 0.3) is 10.6 Å². The minimum atomic E-state index is -0.664. The second-order valence-electron chi connectivity index (χ2n) is 5.97. The zero-order chi connectivity index (χ0) is 20.8. The fourth-order valence-electron chi connectivity index (χ4n) is 2.54. The molecule has 29 heavy (non-hydrogen) atoms. The van der Waals surface area contributed by atoms with Crippen molar-refractivity contribution in [3.05, 3.63) is 77.3 Å². The number of carbonyl (C=O) groups excluding carboxylic acids is 1. The largest absolute Gasteiger partial charge is 0.493 e. The molecule has 0 unspecified atom stereocenters. The highest BCUT2D eigenvalue weighted by atomic mass is 32.1. The van der Waals surface area contributed by atoms with E-state index in [1.54, 1.807) is 29.7 Å². The van der Waals surface area contributed by atoms with Gasteiger partial charge in [-0.1, -0.05) is 6.08 Å². The van der Waals surface area contributed by atoms with Gasteiger partial charge in [-0.25, -0.2) is 13.8 Å². The second kappa shape index (κ2) is 9.29. The molecule has 0 bridgehead atoms. The van der Waals surface area contributed by atoms with Crippen molar-refractivity contribution in [2.24, 2.45) is 0 Å². The number of hydrogen-bond donors (Lipinski definition) is 1. The first-order chi connectivity index (χ1) is 14.0. The van der Waals surface area contributed by atoms with Crippen molar-refractivity contribution in [1.29, 1.82) is 0 Å². The van der Waals surface area contributed by atoms with Crippen LogP contribution in [0.3, 0.4) is 0 Å². The van der Waals surface area contributed by atoms with Crippen molar-refractivity contribution < 1.29 is 23.0 Å². The van der Waals surface area contributed by atoms with E-state index in [1.165, 1.54) is 30.6 Å². The Morgan fingerprint density at radius 1 is 1.21 bits per heavy atom. The summed E-state index contributed by atoms with van der Waals surface area (Å²) in [5.74, 6) is -0.750. The Balaban J connectivity index is 1.75. The summed E-state index contributed by atoms with van der Waals surface area (Å²) < 4.78 is 37.6. The van der Waals surface area contributed by atoms with Crippen LogP contribution in [0.4, 0.5) is 8.78 Å². The number of hydrogen-bond acceptors (Lipinski definition) is 5. The molecule has 0 saturated heterocycles. The quantitative estimate of drug-likeness (QED) is 0.546. The molecule has 1 N–H and O–H groups in total. The molecule has 2 aromatic carbocycles. The average molecular weight is 416 g/mol.